The summed E-state index contributed by atoms with van der Waals surface area (Å²) in [7, 11) is 0. The Balaban J connectivity index is 2.34. The first-order valence-electron chi connectivity index (χ1n) is 11.6. The summed E-state index contributed by atoms with van der Waals surface area (Å²) >= 11 is 0. The van der Waals surface area contributed by atoms with Gasteiger partial charge in [0, 0.05) is 5.56 Å². The highest BCUT2D eigenvalue weighted by Gasteiger charge is 2.22. The Morgan fingerprint density at radius 3 is 1.90 bits per heavy atom. The highest BCUT2D eigenvalue weighted by atomic mass is 16.4. The van der Waals surface area contributed by atoms with Crippen molar-refractivity contribution in [1.82, 2.24) is 0 Å². The third kappa shape index (κ3) is 11.4. The summed E-state index contributed by atoms with van der Waals surface area (Å²) in [5, 5.41) is 9.33. The molecule has 1 N–H and O–H groups in total. The number of carboxylic acid groups (broad SMARTS) is 1. The molecule has 1 aromatic rings. The van der Waals surface area contributed by atoms with Crippen molar-refractivity contribution >= 4 is 23.8 Å². The molecular weight excluding hydrogens is 392 g/mol. The van der Waals surface area contributed by atoms with Crippen molar-refractivity contribution in [2.45, 2.75) is 103 Å². The molecule has 0 aliphatic heterocycles. The van der Waals surface area contributed by atoms with E-state index in [0.717, 1.165) is 24.8 Å². The number of hydrogen-bond acceptors (Lipinski definition) is 5. The van der Waals surface area contributed by atoms with E-state index in [9.17, 15) is 19.5 Å². The summed E-state index contributed by atoms with van der Waals surface area (Å²) in [4.78, 5) is 39.5. The van der Waals surface area contributed by atoms with Crippen LogP contribution in [0, 0.1) is 0 Å². The standard InChI is InChI=1S/C25H36N2O4/c1-2-3-4-5-6-7-8-9-10-11-12-13-14-15-21-16-17-23(26-19-28)22(18-21)24(25(30)31)27-20-29/h16-18,24H,2-15H2,1H3,(H,30,31). The minimum Gasteiger partial charge on any atom is -0.479 e. The number of aliphatic imine (C=N–C) groups is 2. The maximum atomic E-state index is 11.4. The van der Waals surface area contributed by atoms with Gasteiger partial charge in [-0.15, -0.1) is 0 Å². The van der Waals surface area contributed by atoms with E-state index in [1.165, 1.54) is 82.8 Å². The molecule has 6 heteroatoms. The minimum atomic E-state index is -1.42. The van der Waals surface area contributed by atoms with Crippen LogP contribution in [0.2, 0.25) is 0 Å². The molecule has 0 amide bonds. The van der Waals surface area contributed by atoms with Crippen molar-refractivity contribution in [1.29, 1.82) is 0 Å². The van der Waals surface area contributed by atoms with Crippen molar-refractivity contribution in [3.05, 3.63) is 29.3 Å². The van der Waals surface area contributed by atoms with Crippen LogP contribution in [0.5, 0.6) is 0 Å². The number of unbranched alkanes of at least 4 members (excludes halogenated alkanes) is 12. The first kappa shape index (κ1) is 26.5. The normalized spacial score (nSPS) is 11.4. The van der Waals surface area contributed by atoms with Gasteiger partial charge in [-0.2, -0.15) is 9.98 Å². The summed E-state index contributed by atoms with van der Waals surface area (Å²) in [6, 6.07) is 3.64. The molecule has 0 saturated heterocycles. The van der Waals surface area contributed by atoms with Crippen LogP contribution in [0.1, 0.15) is 108 Å². The Hall–Kier alpha value is -2.55. The lowest BCUT2D eigenvalue weighted by Crippen LogP contribution is -2.09. The zero-order valence-electron chi connectivity index (χ0n) is 18.8. The fourth-order valence-corrected chi connectivity index (χ4v) is 3.79. The quantitative estimate of drug-likeness (QED) is 0.159. The minimum absolute atomic E-state index is 0.163. The molecule has 0 heterocycles. The highest BCUT2D eigenvalue weighted by Crippen LogP contribution is 2.30. The van der Waals surface area contributed by atoms with E-state index < -0.39 is 12.0 Å². The molecule has 0 fully saturated rings. The zero-order chi connectivity index (χ0) is 22.7. The van der Waals surface area contributed by atoms with Crippen LogP contribution < -0.4 is 0 Å². The maximum Gasteiger partial charge on any atom is 0.334 e. The van der Waals surface area contributed by atoms with Crippen molar-refractivity contribution in [2.24, 2.45) is 9.98 Å². The summed E-state index contributed by atoms with van der Waals surface area (Å²) < 4.78 is 0. The number of carbonyl (C=O) groups excluding carboxylic acids is 2. The largest absolute Gasteiger partial charge is 0.479 e. The van der Waals surface area contributed by atoms with Gasteiger partial charge in [-0.3, -0.25) is 0 Å². The second kappa shape index (κ2) is 17.2. The number of hydrogen-bond donors (Lipinski definition) is 1. The number of carbonyl (C=O) groups is 1. The van der Waals surface area contributed by atoms with Gasteiger partial charge in [0.05, 0.1) is 5.69 Å². The Bertz CT molecular complexity index is 748. The molecule has 1 atom stereocenters. The Kier molecular flexibility index (Phi) is 14.7. The van der Waals surface area contributed by atoms with Gasteiger partial charge in [0.25, 0.3) is 0 Å². The molecule has 1 aromatic carbocycles. The number of rotatable bonds is 18. The van der Waals surface area contributed by atoms with Gasteiger partial charge >= 0.3 is 5.97 Å². The van der Waals surface area contributed by atoms with Gasteiger partial charge in [-0.1, -0.05) is 96.1 Å². The van der Waals surface area contributed by atoms with E-state index in [1.54, 1.807) is 12.1 Å². The third-order valence-electron chi connectivity index (χ3n) is 5.54. The number of benzene rings is 1. The predicted molar refractivity (Wildman–Crippen MR) is 122 cm³/mol. The third-order valence-corrected chi connectivity index (χ3v) is 5.54. The SMILES string of the molecule is CCCCCCCCCCCCCCCc1ccc(N=C=O)c(C(N=C=O)C(=O)O)c1. The molecule has 0 saturated carbocycles. The van der Waals surface area contributed by atoms with Crippen LogP contribution in [0.3, 0.4) is 0 Å². The van der Waals surface area contributed by atoms with Gasteiger partial charge in [-0.05, 0) is 24.5 Å². The van der Waals surface area contributed by atoms with E-state index in [2.05, 4.69) is 16.9 Å². The molecule has 0 aliphatic rings. The van der Waals surface area contributed by atoms with Gasteiger partial charge in [0.1, 0.15) is 0 Å². The van der Waals surface area contributed by atoms with Gasteiger partial charge in [0.15, 0.2) is 6.04 Å². The maximum absolute atomic E-state index is 11.4. The van der Waals surface area contributed by atoms with Crippen LogP contribution in [0.15, 0.2) is 28.2 Å². The van der Waals surface area contributed by atoms with E-state index in [1.807, 2.05) is 6.07 Å². The first-order valence-corrected chi connectivity index (χ1v) is 11.6. The van der Waals surface area contributed by atoms with Crippen molar-refractivity contribution in [2.75, 3.05) is 0 Å². The number of carboxylic acids is 1. The fourth-order valence-electron chi connectivity index (χ4n) is 3.79. The molecule has 0 bridgehead atoms. The van der Waals surface area contributed by atoms with Crippen LogP contribution in [0.25, 0.3) is 0 Å². The number of aryl methyl sites for hydroxylation is 1. The second-order valence-electron chi connectivity index (χ2n) is 8.05. The monoisotopic (exact) mass is 428 g/mol. The van der Waals surface area contributed by atoms with Crippen LogP contribution in [-0.2, 0) is 20.8 Å². The summed E-state index contributed by atoms with van der Waals surface area (Å²) in [6.45, 7) is 2.25. The Morgan fingerprint density at radius 2 is 1.42 bits per heavy atom. The smallest absolute Gasteiger partial charge is 0.334 e. The van der Waals surface area contributed by atoms with Crippen molar-refractivity contribution in [3.8, 4) is 0 Å². The number of aliphatic carboxylic acids is 1. The van der Waals surface area contributed by atoms with E-state index in [-0.39, 0.29) is 11.3 Å². The molecule has 170 valence electrons. The molecular formula is C25H36N2O4. The first-order chi connectivity index (χ1) is 15.1. The Labute approximate surface area is 185 Å². The molecule has 0 spiro atoms. The number of nitrogens with zero attached hydrogens (tertiary/aromatic N) is 2. The van der Waals surface area contributed by atoms with E-state index >= 15 is 0 Å². The van der Waals surface area contributed by atoms with Crippen molar-refractivity contribution < 1.29 is 19.5 Å². The van der Waals surface area contributed by atoms with Crippen LogP contribution in [0.4, 0.5) is 5.69 Å². The lowest BCUT2D eigenvalue weighted by molar-refractivity contribution is -0.138. The molecule has 1 unspecified atom stereocenters. The fraction of sp³-hybridized carbons (Fsp3) is 0.640. The van der Waals surface area contributed by atoms with Gasteiger partial charge < -0.3 is 5.11 Å². The summed E-state index contributed by atoms with van der Waals surface area (Å²) in [6.07, 6.45) is 20.2. The van der Waals surface area contributed by atoms with E-state index in [0.29, 0.717) is 0 Å². The number of isocyanates is 2. The Morgan fingerprint density at radius 1 is 0.871 bits per heavy atom. The molecule has 0 aromatic heterocycles. The lowest BCUT2D eigenvalue weighted by Gasteiger charge is -2.11. The zero-order valence-corrected chi connectivity index (χ0v) is 18.8. The molecule has 31 heavy (non-hydrogen) atoms. The summed E-state index contributed by atoms with van der Waals surface area (Å²) in [5.41, 5.74) is 1.32. The molecule has 6 nitrogen and oxygen atoms in total. The van der Waals surface area contributed by atoms with Crippen LogP contribution >= 0.6 is 0 Å². The topological polar surface area (TPSA) is 96.2 Å². The van der Waals surface area contributed by atoms with Gasteiger partial charge in [0.2, 0.25) is 12.2 Å². The second-order valence-corrected chi connectivity index (χ2v) is 8.05. The van der Waals surface area contributed by atoms with E-state index in [4.69, 9.17) is 0 Å². The average molecular weight is 429 g/mol. The lowest BCUT2D eigenvalue weighted by atomic mass is 9.98. The van der Waals surface area contributed by atoms with Crippen molar-refractivity contribution in [3.63, 3.8) is 0 Å². The van der Waals surface area contributed by atoms with Gasteiger partial charge in [-0.25, -0.2) is 14.4 Å². The summed E-state index contributed by atoms with van der Waals surface area (Å²) in [5.74, 6) is -1.29. The molecule has 0 radical (unpaired) electrons. The highest BCUT2D eigenvalue weighted by molar-refractivity contribution is 5.79. The average Bonchev–Trinajstić information content (AvgIpc) is 2.76. The predicted octanol–water partition coefficient (Wildman–Crippen LogP) is 6.75. The molecule has 1 rings (SSSR count). The van der Waals surface area contributed by atoms with Crippen LogP contribution in [-0.4, -0.2) is 23.2 Å². The molecule has 0 aliphatic carbocycles.